The minimum Gasteiger partial charge on any atom is -0.354 e. The molecule has 0 atom stereocenters. The van der Waals surface area contributed by atoms with E-state index in [-0.39, 0.29) is 17.3 Å². The van der Waals surface area contributed by atoms with Crippen LogP contribution in [-0.4, -0.2) is 30.7 Å². The summed E-state index contributed by atoms with van der Waals surface area (Å²) in [5, 5.41) is 12.2. The maximum atomic E-state index is 13.2. The van der Waals surface area contributed by atoms with Gasteiger partial charge in [0.2, 0.25) is 15.9 Å². The summed E-state index contributed by atoms with van der Waals surface area (Å²) in [6, 6.07) is 14.5. The van der Waals surface area contributed by atoms with Crippen molar-refractivity contribution in [3.8, 4) is 11.3 Å². The average molecular weight is 459 g/mol. The number of carbonyl (C=O) groups is 1. The number of nitrogens with zero attached hydrogens (tertiary/aromatic N) is 2. The second kappa shape index (κ2) is 9.01. The summed E-state index contributed by atoms with van der Waals surface area (Å²) in [6.45, 7) is 3.42. The summed E-state index contributed by atoms with van der Waals surface area (Å²) >= 11 is 0. The lowest BCUT2D eigenvalue weighted by molar-refractivity contribution is -0.128. The minimum absolute atomic E-state index is 0.0119. The van der Waals surface area contributed by atoms with Crippen molar-refractivity contribution >= 4 is 15.9 Å². The molecule has 2 aromatic carbocycles. The SMILES string of the molecule is CC(C)(C(=O)NCCc1ccc(S(N)(=O)=O)cc1)n1nc(-c2ccc(F)cc2)ccc1=O. The Morgan fingerprint density at radius 2 is 1.69 bits per heavy atom. The van der Waals surface area contributed by atoms with Gasteiger partial charge in [-0.1, -0.05) is 12.1 Å². The highest BCUT2D eigenvalue weighted by atomic mass is 32.2. The zero-order valence-electron chi connectivity index (χ0n) is 17.6. The van der Waals surface area contributed by atoms with Gasteiger partial charge in [-0.2, -0.15) is 5.10 Å². The molecule has 1 aromatic heterocycles. The molecule has 0 aliphatic carbocycles. The number of primary sulfonamides is 1. The zero-order chi connectivity index (χ0) is 23.5. The number of halogens is 1. The predicted octanol–water partition coefficient (Wildman–Crippen LogP) is 1.79. The molecule has 3 rings (SSSR count). The van der Waals surface area contributed by atoms with Crippen LogP contribution in [0.5, 0.6) is 0 Å². The molecule has 1 heterocycles. The lowest BCUT2D eigenvalue weighted by atomic mass is 10.0. The summed E-state index contributed by atoms with van der Waals surface area (Å²) in [6.07, 6.45) is 0.449. The molecule has 0 radical (unpaired) electrons. The Balaban J connectivity index is 1.71. The van der Waals surface area contributed by atoms with Crippen LogP contribution in [0, 0.1) is 5.82 Å². The first kappa shape index (κ1) is 23.3. The molecule has 0 aliphatic rings. The highest BCUT2D eigenvalue weighted by molar-refractivity contribution is 7.89. The van der Waals surface area contributed by atoms with Crippen molar-refractivity contribution in [2.75, 3.05) is 6.54 Å². The smallest absolute Gasteiger partial charge is 0.267 e. The summed E-state index contributed by atoms with van der Waals surface area (Å²) < 4.78 is 36.9. The molecular weight excluding hydrogens is 435 g/mol. The van der Waals surface area contributed by atoms with Gasteiger partial charge in [0.25, 0.3) is 5.56 Å². The molecule has 10 heteroatoms. The van der Waals surface area contributed by atoms with Crippen molar-refractivity contribution in [2.24, 2.45) is 5.14 Å². The average Bonchev–Trinajstić information content (AvgIpc) is 2.74. The van der Waals surface area contributed by atoms with Crippen LogP contribution in [0.3, 0.4) is 0 Å². The van der Waals surface area contributed by atoms with E-state index in [0.717, 1.165) is 10.2 Å². The van der Waals surface area contributed by atoms with Gasteiger partial charge in [0.05, 0.1) is 10.6 Å². The lowest BCUT2D eigenvalue weighted by Crippen LogP contribution is -2.50. The molecule has 32 heavy (non-hydrogen) atoms. The maximum Gasteiger partial charge on any atom is 0.267 e. The largest absolute Gasteiger partial charge is 0.354 e. The molecule has 8 nitrogen and oxygen atoms in total. The van der Waals surface area contributed by atoms with E-state index in [1.54, 1.807) is 38.1 Å². The first-order valence-corrected chi connectivity index (χ1v) is 11.3. The van der Waals surface area contributed by atoms with Gasteiger partial charge in [-0.15, -0.1) is 0 Å². The van der Waals surface area contributed by atoms with Crippen LogP contribution in [0.25, 0.3) is 11.3 Å². The van der Waals surface area contributed by atoms with Gasteiger partial charge >= 0.3 is 0 Å². The Kier molecular flexibility index (Phi) is 6.56. The highest BCUT2D eigenvalue weighted by Crippen LogP contribution is 2.18. The number of nitrogens with one attached hydrogen (secondary N) is 1. The fourth-order valence-corrected chi connectivity index (χ4v) is 3.58. The Hall–Kier alpha value is -3.37. The fourth-order valence-electron chi connectivity index (χ4n) is 3.06. The molecule has 0 fully saturated rings. The predicted molar refractivity (Wildman–Crippen MR) is 118 cm³/mol. The van der Waals surface area contributed by atoms with E-state index >= 15 is 0 Å². The molecule has 0 bridgehead atoms. The van der Waals surface area contributed by atoms with Crippen LogP contribution in [-0.2, 0) is 26.8 Å². The van der Waals surface area contributed by atoms with Gasteiger partial charge < -0.3 is 5.32 Å². The third kappa shape index (κ3) is 5.27. The van der Waals surface area contributed by atoms with Gasteiger partial charge in [-0.05, 0) is 68.3 Å². The number of rotatable bonds is 7. The summed E-state index contributed by atoms with van der Waals surface area (Å²) in [4.78, 5) is 25.3. The van der Waals surface area contributed by atoms with Crippen molar-refractivity contribution in [3.05, 3.63) is 82.4 Å². The highest BCUT2D eigenvalue weighted by Gasteiger charge is 2.32. The number of benzene rings is 2. The number of nitrogens with two attached hydrogens (primary N) is 1. The third-order valence-corrected chi connectivity index (χ3v) is 5.91. The van der Waals surface area contributed by atoms with Crippen molar-refractivity contribution in [1.29, 1.82) is 0 Å². The molecule has 0 saturated heterocycles. The maximum absolute atomic E-state index is 13.2. The number of aromatic nitrogens is 2. The van der Waals surface area contributed by atoms with E-state index in [1.807, 2.05) is 0 Å². The third-order valence-electron chi connectivity index (χ3n) is 4.98. The van der Waals surface area contributed by atoms with Crippen LogP contribution in [0.15, 0.2) is 70.4 Å². The van der Waals surface area contributed by atoms with E-state index in [4.69, 9.17) is 5.14 Å². The van der Waals surface area contributed by atoms with E-state index in [2.05, 4.69) is 10.4 Å². The molecule has 168 valence electrons. The van der Waals surface area contributed by atoms with E-state index < -0.39 is 27.0 Å². The summed E-state index contributed by atoms with van der Waals surface area (Å²) in [5.41, 5.74) is 0.114. The van der Waals surface area contributed by atoms with Gasteiger partial charge in [0.1, 0.15) is 11.4 Å². The molecule has 3 N–H and O–H groups in total. The van der Waals surface area contributed by atoms with Crippen molar-refractivity contribution < 1.29 is 17.6 Å². The van der Waals surface area contributed by atoms with Crippen LogP contribution >= 0.6 is 0 Å². The molecular formula is C22H23FN4O4S. The standard InChI is InChI=1S/C22H23FN4O4S/c1-22(2,21(29)25-14-13-15-3-9-18(10-4-15)32(24,30)31)27-20(28)12-11-19(26-27)16-5-7-17(23)8-6-16/h3-12H,13-14H2,1-2H3,(H,25,29)(H2,24,30,31). The lowest BCUT2D eigenvalue weighted by Gasteiger charge is -2.25. The van der Waals surface area contributed by atoms with Gasteiger partial charge in [-0.3, -0.25) is 9.59 Å². The number of hydrogen-bond donors (Lipinski definition) is 2. The molecule has 0 saturated carbocycles. The van der Waals surface area contributed by atoms with Crippen molar-refractivity contribution in [3.63, 3.8) is 0 Å². The van der Waals surface area contributed by atoms with Gasteiger partial charge in [0, 0.05) is 18.2 Å². The summed E-state index contributed by atoms with van der Waals surface area (Å²) in [7, 11) is -3.76. The molecule has 1 amide bonds. The van der Waals surface area contributed by atoms with Crippen LogP contribution in [0.2, 0.25) is 0 Å². The van der Waals surface area contributed by atoms with Crippen molar-refractivity contribution in [1.82, 2.24) is 15.1 Å². The molecule has 0 aliphatic heterocycles. The quantitative estimate of drug-likeness (QED) is 0.559. The van der Waals surface area contributed by atoms with Crippen molar-refractivity contribution in [2.45, 2.75) is 30.7 Å². The number of sulfonamides is 1. The van der Waals surface area contributed by atoms with Crippen LogP contribution < -0.4 is 16.0 Å². The monoisotopic (exact) mass is 458 g/mol. The summed E-state index contributed by atoms with van der Waals surface area (Å²) in [5.74, 6) is -0.800. The molecule has 0 spiro atoms. The molecule has 3 aromatic rings. The van der Waals surface area contributed by atoms with Gasteiger partial charge in [-0.25, -0.2) is 22.6 Å². The fraction of sp³-hybridized carbons (Fsp3) is 0.227. The Bertz CT molecular complexity index is 1280. The topological polar surface area (TPSA) is 124 Å². The first-order valence-electron chi connectivity index (χ1n) is 9.75. The first-order chi connectivity index (χ1) is 15.0. The number of hydrogen-bond acceptors (Lipinski definition) is 5. The number of carbonyl (C=O) groups excluding carboxylic acids is 1. The van der Waals surface area contributed by atoms with Crippen LogP contribution in [0.1, 0.15) is 19.4 Å². The van der Waals surface area contributed by atoms with E-state index in [1.165, 1.54) is 36.4 Å². The van der Waals surface area contributed by atoms with E-state index in [9.17, 15) is 22.4 Å². The van der Waals surface area contributed by atoms with Gasteiger partial charge in [0.15, 0.2) is 0 Å². The second-order valence-corrected chi connectivity index (χ2v) is 9.29. The second-order valence-electron chi connectivity index (χ2n) is 7.73. The zero-order valence-corrected chi connectivity index (χ0v) is 18.4. The van der Waals surface area contributed by atoms with E-state index in [0.29, 0.717) is 17.7 Å². The number of amides is 1. The Labute approximate surface area is 184 Å². The normalized spacial score (nSPS) is 11.9. The minimum atomic E-state index is -3.76. The van der Waals surface area contributed by atoms with Crippen LogP contribution in [0.4, 0.5) is 4.39 Å². The Morgan fingerprint density at radius 1 is 1.06 bits per heavy atom. The molecule has 0 unspecified atom stereocenters. The Morgan fingerprint density at radius 3 is 2.28 bits per heavy atom.